The molecule has 0 saturated heterocycles. The summed E-state index contributed by atoms with van der Waals surface area (Å²) in [7, 11) is 0. The third kappa shape index (κ3) is 9.72. The summed E-state index contributed by atoms with van der Waals surface area (Å²) in [6.07, 6.45) is 3.62. The Bertz CT molecular complexity index is 427. The minimum atomic E-state index is 0. The lowest BCUT2D eigenvalue weighted by Gasteiger charge is -2.13. The van der Waals surface area contributed by atoms with Crippen LogP contribution in [-0.2, 0) is 17.7 Å². The van der Waals surface area contributed by atoms with Gasteiger partial charge < -0.3 is 25.0 Å². The number of hydrogen-bond acceptors (Lipinski definition) is 5. The first-order valence-corrected chi connectivity index (χ1v) is 7.89. The van der Waals surface area contributed by atoms with Gasteiger partial charge in [-0.25, -0.2) is 0 Å². The number of guanidine groups is 1. The van der Waals surface area contributed by atoms with Crippen molar-refractivity contribution in [2.45, 2.75) is 33.2 Å². The molecule has 134 valence electrons. The van der Waals surface area contributed by atoms with Crippen molar-refractivity contribution in [2.24, 2.45) is 4.99 Å². The summed E-state index contributed by atoms with van der Waals surface area (Å²) in [5.41, 5.74) is 0. The van der Waals surface area contributed by atoms with Crippen molar-refractivity contribution >= 4 is 29.9 Å². The number of aryl methyl sites for hydroxylation is 1. The standard InChI is InChI=1S/C14H28N6O2.HI/c1-3-5-15-14(17-7-10-22-11-9-21)16-6-8-20-12-18-19-13(20)4-2;/h12,21H,3-11H2,1-2H3,(H2,15,16,17);1H. The van der Waals surface area contributed by atoms with Crippen molar-refractivity contribution in [2.75, 3.05) is 39.5 Å². The molecule has 0 aliphatic rings. The van der Waals surface area contributed by atoms with E-state index in [0.717, 1.165) is 44.3 Å². The molecule has 0 fully saturated rings. The number of hydrogen-bond donors (Lipinski definition) is 3. The predicted molar refractivity (Wildman–Crippen MR) is 101 cm³/mol. The van der Waals surface area contributed by atoms with E-state index in [-0.39, 0.29) is 30.6 Å². The van der Waals surface area contributed by atoms with Gasteiger partial charge in [0.2, 0.25) is 0 Å². The number of aliphatic imine (C=N–C) groups is 1. The fraction of sp³-hybridized carbons (Fsp3) is 0.786. The number of halogens is 1. The van der Waals surface area contributed by atoms with Gasteiger partial charge in [-0.2, -0.15) is 0 Å². The molecule has 0 atom stereocenters. The van der Waals surface area contributed by atoms with Crippen LogP contribution in [-0.4, -0.2) is 65.3 Å². The Hall–Kier alpha value is -0.940. The quantitative estimate of drug-likeness (QED) is 0.200. The SMILES string of the molecule is CCCN=C(NCCOCCO)NCCn1cnnc1CC.I. The molecule has 1 heterocycles. The molecule has 23 heavy (non-hydrogen) atoms. The van der Waals surface area contributed by atoms with Gasteiger partial charge in [0.25, 0.3) is 0 Å². The van der Waals surface area contributed by atoms with Crippen LogP contribution in [0.3, 0.4) is 0 Å². The minimum absolute atomic E-state index is 0. The Morgan fingerprint density at radius 3 is 2.78 bits per heavy atom. The monoisotopic (exact) mass is 440 g/mol. The number of rotatable bonds is 11. The molecule has 0 radical (unpaired) electrons. The predicted octanol–water partition coefficient (Wildman–Crippen LogP) is 0.413. The molecule has 0 aliphatic heterocycles. The van der Waals surface area contributed by atoms with Crippen LogP contribution < -0.4 is 10.6 Å². The maximum absolute atomic E-state index is 8.65. The van der Waals surface area contributed by atoms with E-state index in [4.69, 9.17) is 9.84 Å². The van der Waals surface area contributed by atoms with E-state index in [1.807, 2.05) is 4.57 Å². The number of aliphatic hydroxyl groups is 1. The molecule has 0 bridgehead atoms. The Morgan fingerprint density at radius 1 is 1.30 bits per heavy atom. The Balaban J connectivity index is 0.00000484. The van der Waals surface area contributed by atoms with Gasteiger partial charge in [-0.15, -0.1) is 34.2 Å². The molecule has 0 unspecified atom stereocenters. The molecule has 0 amide bonds. The third-order valence-corrected chi connectivity index (χ3v) is 2.93. The summed E-state index contributed by atoms with van der Waals surface area (Å²) >= 11 is 0. The first-order valence-electron chi connectivity index (χ1n) is 7.89. The lowest BCUT2D eigenvalue weighted by atomic mass is 10.4. The van der Waals surface area contributed by atoms with Crippen LogP contribution in [0.1, 0.15) is 26.1 Å². The zero-order valence-electron chi connectivity index (χ0n) is 14.0. The van der Waals surface area contributed by atoms with Gasteiger partial charge in [-0.05, 0) is 6.42 Å². The summed E-state index contributed by atoms with van der Waals surface area (Å²) in [5, 5.41) is 23.1. The molecule has 1 aromatic rings. The highest BCUT2D eigenvalue weighted by Gasteiger charge is 2.02. The Morgan fingerprint density at radius 2 is 2.09 bits per heavy atom. The van der Waals surface area contributed by atoms with Crippen LogP contribution >= 0.6 is 24.0 Å². The fourth-order valence-electron chi connectivity index (χ4n) is 1.84. The van der Waals surface area contributed by atoms with Gasteiger partial charge in [-0.1, -0.05) is 13.8 Å². The van der Waals surface area contributed by atoms with E-state index >= 15 is 0 Å². The molecule has 0 aliphatic carbocycles. The molecule has 8 nitrogen and oxygen atoms in total. The first-order chi connectivity index (χ1) is 10.8. The van der Waals surface area contributed by atoms with Crippen molar-refractivity contribution in [3.63, 3.8) is 0 Å². The van der Waals surface area contributed by atoms with Gasteiger partial charge in [0.15, 0.2) is 5.96 Å². The summed E-state index contributed by atoms with van der Waals surface area (Å²) in [5.74, 6) is 1.76. The van der Waals surface area contributed by atoms with Crippen LogP contribution in [0.25, 0.3) is 0 Å². The van der Waals surface area contributed by atoms with Crippen molar-refractivity contribution in [1.29, 1.82) is 0 Å². The highest BCUT2D eigenvalue weighted by Crippen LogP contribution is 1.94. The van der Waals surface area contributed by atoms with Gasteiger partial charge in [-0.3, -0.25) is 4.99 Å². The third-order valence-electron chi connectivity index (χ3n) is 2.93. The largest absolute Gasteiger partial charge is 0.394 e. The van der Waals surface area contributed by atoms with Crippen LogP contribution in [0.4, 0.5) is 0 Å². The zero-order chi connectivity index (χ0) is 16.0. The number of aromatic nitrogens is 3. The van der Waals surface area contributed by atoms with Crippen molar-refractivity contribution in [3.05, 3.63) is 12.2 Å². The van der Waals surface area contributed by atoms with E-state index in [1.165, 1.54) is 0 Å². The molecule has 3 N–H and O–H groups in total. The second-order valence-corrected chi connectivity index (χ2v) is 4.71. The van der Waals surface area contributed by atoms with E-state index < -0.39 is 0 Å². The van der Waals surface area contributed by atoms with E-state index in [1.54, 1.807) is 6.33 Å². The molecule has 1 aromatic heterocycles. The smallest absolute Gasteiger partial charge is 0.191 e. The molecular weight excluding hydrogens is 411 g/mol. The summed E-state index contributed by atoms with van der Waals surface area (Å²) < 4.78 is 7.25. The van der Waals surface area contributed by atoms with Crippen LogP contribution in [0.15, 0.2) is 11.3 Å². The number of nitrogens with one attached hydrogen (secondary N) is 2. The van der Waals surface area contributed by atoms with Crippen molar-refractivity contribution in [1.82, 2.24) is 25.4 Å². The average molecular weight is 440 g/mol. The second kappa shape index (κ2) is 14.6. The normalized spacial score (nSPS) is 11.2. The fourth-order valence-corrected chi connectivity index (χ4v) is 1.84. The number of aliphatic hydroxyl groups excluding tert-OH is 1. The highest BCUT2D eigenvalue weighted by molar-refractivity contribution is 14.0. The summed E-state index contributed by atoms with van der Waals surface area (Å²) in [6.45, 7) is 8.09. The van der Waals surface area contributed by atoms with Crippen LogP contribution in [0, 0.1) is 0 Å². The Labute approximate surface area is 155 Å². The van der Waals surface area contributed by atoms with Gasteiger partial charge in [0, 0.05) is 32.6 Å². The summed E-state index contributed by atoms with van der Waals surface area (Å²) in [4.78, 5) is 4.47. The maximum Gasteiger partial charge on any atom is 0.191 e. The maximum atomic E-state index is 8.65. The number of ether oxygens (including phenoxy) is 1. The zero-order valence-corrected chi connectivity index (χ0v) is 16.3. The average Bonchev–Trinajstić information content (AvgIpc) is 2.99. The van der Waals surface area contributed by atoms with Gasteiger partial charge in [0.1, 0.15) is 12.2 Å². The van der Waals surface area contributed by atoms with E-state index in [9.17, 15) is 0 Å². The second-order valence-electron chi connectivity index (χ2n) is 4.71. The van der Waals surface area contributed by atoms with Crippen molar-refractivity contribution < 1.29 is 9.84 Å². The van der Waals surface area contributed by atoms with E-state index in [0.29, 0.717) is 19.8 Å². The summed E-state index contributed by atoms with van der Waals surface area (Å²) in [6, 6.07) is 0. The Kier molecular flexibility index (Phi) is 14.0. The van der Waals surface area contributed by atoms with E-state index in [2.05, 4.69) is 39.7 Å². The van der Waals surface area contributed by atoms with Crippen LogP contribution in [0.2, 0.25) is 0 Å². The highest BCUT2D eigenvalue weighted by atomic mass is 127. The molecule has 0 spiro atoms. The molecule has 0 aromatic carbocycles. The molecule has 9 heteroatoms. The topological polar surface area (TPSA) is 96.6 Å². The molecule has 0 saturated carbocycles. The van der Waals surface area contributed by atoms with Crippen LogP contribution in [0.5, 0.6) is 0 Å². The minimum Gasteiger partial charge on any atom is -0.394 e. The first kappa shape index (κ1) is 22.1. The van der Waals surface area contributed by atoms with Crippen molar-refractivity contribution in [3.8, 4) is 0 Å². The van der Waals surface area contributed by atoms with Gasteiger partial charge in [0.05, 0.1) is 19.8 Å². The molecule has 1 rings (SSSR count). The number of nitrogens with zero attached hydrogens (tertiary/aromatic N) is 4. The molecular formula is C14H29IN6O2. The lowest BCUT2D eigenvalue weighted by Crippen LogP contribution is -2.40. The lowest BCUT2D eigenvalue weighted by molar-refractivity contribution is 0.0957. The van der Waals surface area contributed by atoms with Gasteiger partial charge >= 0.3 is 0 Å².